The molecule has 0 aromatic heterocycles. The number of nitro groups is 1. The number of halogens is 2. The molecule has 7 heteroatoms. The van der Waals surface area contributed by atoms with Gasteiger partial charge in [0.25, 0.3) is 5.69 Å². The molecule has 1 fully saturated rings. The molecule has 1 atom stereocenters. The predicted molar refractivity (Wildman–Crippen MR) is 72.2 cm³/mol. The summed E-state index contributed by atoms with van der Waals surface area (Å²) in [4.78, 5) is 12.5. The lowest BCUT2D eigenvalue weighted by Gasteiger charge is -2.13. The Hall–Kier alpha value is -1.40. The highest BCUT2D eigenvalue weighted by atomic mass is 35.5. The minimum atomic E-state index is -0.654. The molecule has 1 heterocycles. The van der Waals surface area contributed by atoms with Gasteiger partial charge in [0.15, 0.2) is 0 Å². The molecule has 2 rings (SSSR count). The van der Waals surface area contributed by atoms with Gasteiger partial charge in [-0.05, 0) is 25.9 Å². The second-order valence-electron chi connectivity index (χ2n) is 4.84. The molecule has 104 valence electrons. The van der Waals surface area contributed by atoms with Gasteiger partial charge in [-0.15, -0.1) is 0 Å². The molecule has 1 unspecified atom stereocenters. The highest BCUT2D eigenvalue weighted by molar-refractivity contribution is 6.31. The molecule has 1 aromatic rings. The van der Waals surface area contributed by atoms with Gasteiger partial charge in [-0.2, -0.15) is 0 Å². The van der Waals surface area contributed by atoms with Crippen molar-refractivity contribution in [1.29, 1.82) is 0 Å². The molecule has 0 radical (unpaired) electrons. The lowest BCUT2D eigenvalue weighted by atomic mass is 10.1. The molecule has 1 saturated heterocycles. The van der Waals surface area contributed by atoms with Crippen LogP contribution in [-0.4, -0.2) is 36.5 Å². The summed E-state index contributed by atoms with van der Waals surface area (Å²) in [5, 5.41) is 13.6. The van der Waals surface area contributed by atoms with E-state index in [9.17, 15) is 14.5 Å². The van der Waals surface area contributed by atoms with E-state index in [0.29, 0.717) is 12.5 Å². The Morgan fingerprint density at radius 3 is 2.95 bits per heavy atom. The van der Waals surface area contributed by atoms with Gasteiger partial charge >= 0.3 is 0 Å². The van der Waals surface area contributed by atoms with Crippen LogP contribution in [-0.2, 0) is 0 Å². The molecule has 0 saturated carbocycles. The van der Waals surface area contributed by atoms with Crippen LogP contribution in [0.4, 0.5) is 15.8 Å². The van der Waals surface area contributed by atoms with Gasteiger partial charge in [0.2, 0.25) is 0 Å². The number of nitrogens with one attached hydrogen (secondary N) is 1. The quantitative estimate of drug-likeness (QED) is 0.683. The van der Waals surface area contributed by atoms with Crippen molar-refractivity contribution in [3.05, 3.63) is 33.1 Å². The van der Waals surface area contributed by atoms with Gasteiger partial charge in [0.05, 0.1) is 9.95 Å². The van der Waals surface area contributed by atoms with Crippen LogP contribution in [0.3, 0.4) is 0 Å². The normalized spacial score (nSPS) is 19.6. The summed E-state index contributed by atoms with van der Waals surface area (Å²) in [7, 11) is 2.03. The lowest BCUT2D eigenvalue weighted by molar-refractivity contribution is -0.384. The third-order valence-corrected chi connectivity index (χ3v) is 3.60. The maximum absolute atomic E-state index is 13.4. The van der Waals surface area contributed by atoms with Crippen LogP contribution in [0.5, 0.6) is 0 Å². The van der Waals surface area contributed by atoms with Crippen LogP contribution in [0, 0.1) is 21.8 Å². The Labute approximate surface area is 115 Å². The van der Waals surface area contributed by atoms with Crippen molar-refractivity contribution in [2.75, 3.05) is 32.0 Å². The van der Waals surface area contributed by atoms with E-state index in [2.05, 4.69) is 10.2 Å². The van der Waals surface area contributed by atoms with Crippen LogP contribution in [0.25, 0.3) is 0 Å². The first-order valence-electron chi connectivity index (χ1n) is 6.03. The molecule has 0 spiro atoms. The standard InChI is InChI=1S/C12H15ClFN3O2/c1-16-3-2-8(7-16)6-15-11-5-10(14)9(13)4-12(11)17(18)19/h4-5,8,15H,2-3,6-7H2,1H3. The number of likely N-dealkylation sites (tertiary alicyclic amines) is 1. The van der Waals surface area contributed by atoms with Crippen molar-refractivity contribution in [2.24, 2.45) is 5.92 Å². The first-order chi connectivity index (χ1) is 8.97. The first kappa shape index (κ1) is 14.0. The Bertz CT molecular complexity index is 498. The maximum atomic E-state index is 13.4. The fraction of sp³-hybridized carbons (Fsp3) is 0.500. The molecule has 0 aliphatic carbocycles. The largest absolute Gasteiger partial charge is 0.379 e. The zero-order valence-corrected chi connectivity index (χ0v) is 11.3. The van der Waals surface area contributed by atoms with Crippen LogP contribution in [0.15, 0.2) is 12.1 Å². The molecule has 1 aliphatic rings. The minimum absolute atomic E-state index is 0.182. The average Bonchev–Trinajstić information content (AvgIpc) is 2.76. The zero-order valence-electron chi connectivity index (χ0n) is 10.5. The summed E-state index contributed by atoms with van der Waals surface area (Å²) in [6.45, 7) is 2.55. The first-order valence-corrected chi connectivity index (χ1v) is 6.41. The van der Waals surface area contributed by atoms with Crippen LogP contribution in [0.2, 0.25) is 5.02 Å². The predicted octanol–water partition coefficient (Wildman–Crippen LogP) is 2.75. The summed E-state index contributed by atoms with van der Waals surface area (Å²) in [5.41, 5.74) is -0.0146. The van der Waals surface area contributed by atoms with E-state index in [-0.39, 0.29) is 16.4 Å². The molecule has 1 aromatic carbocycles. The van der Waals surface area contributed by atoms with Gasteiger partial charge in [-0.1, -0.05) is 11.6 Å². The molecule has 1 aliphatic heterocycles. The van der Waals surface area contributed by atoms with Gasteiger partial charge < -0.3 is 10.2 Å². The number of benzene rings is 1. The fourth-order valence-electron chi connectivity index (χ4n) is 2.28. The summed E-state index contributed by atoms with van der Waals surface area (Å²) in [6.07, 6.45) is 1.04. The highest BCUT2D eigenvalue weighted by Crippen LogP contribution is 2.30. The molecular formula is C12H15ClFN3O2. The van der Waals surface area contributed by atoms with E-state index in [0.717, 1.165) is 31.6 Å². The van der Waals surface area contributed by atoms with Gasteiger partial charge in [0, 0.05) is 25.2 Å². The van der Waals surface area contributed by atoms with Crippen molar-refractivity contribution in [2.45, 2.75) is 6.42 Å². The number of rotatable bonds is 4. The second-order valence-corrected chi connectivity index (χ2v) is 5.25. The number of hydrogen-bond donors (Lipinski definition) is 1. The van der Waals surface area contributed by atoms with E-state index in [4.69, 9.17) is 11.6 Å². The molecule has 0 bridgehead atoms. The monoisotopic (exact) mass is 287 g/mol. The van der Waals surface area contributed by atoms with E-state index in [1.165, 1.54) is 0 Å². The maximum Gasteiger partial charge on any atom is 0.294 e. The third kappa shape index (κ3) is 3.33. The Kier molecular flexibility index (Phi) is 4.21. The molecule has 19 heavy (non-hydrogen) atoms. The summed E-state index contributed by atoms with van der Waals surface area (Å²) in [6, 6.07) is 2.12. The van der Waals surface area contributed by atoms with Crippen molar-refractivity contribution < 1.29 is 9.31 Å². The second kappa shape index (κ2) is 5.71. The number of nitrogens with zero attached hydrogens (tertiary/aromatic N) is 2. The fourth-order valence-corrected chi connectivity index (χ4v) is 2.43. The van der Waals surface area contributed by atoms with Crippen LogP contribution in [0.1, 0.15) is 6.42 Å². The average molecular weight is 288 g/mol. The summed E-state index contributed by atoms with van der Waals surface area (Å²) in [5.74, 6) is -0.235. The van der Waals surface area contributed by atoms with Crippen molar-refractivity contribution in [1.82, 2.24) is 4.90 Å². The third-order valence-electron chi connectivity index (χ3n) is 3.31. The van der Waals surface area contributed by atoms with Gasteiger partial charge in [-0.3, -0.25) is 10.1 Å². The van der Waals surface area contributed by atoms with E-state index >= 15 is 0 Å². The number of hydrogen-bond acceptors (Lipinski definition) is 4. The zero-order chi connectivity index (χ0) is 14.0. The molecule has 1 N–H and O–H groups in total. The van der Waals surface area contributed by atoms with Crippen LogP contribution >= 0.6 is 11.6 Å². The summed E-state index contributed by atoms with van der Waals surface area (Å²) >= 11 is 5.56. The Morgan fingerprint density at radius 2 is 2.37 bits per heavy atom. The number of nitro benzene ring substituents is 1. The lowest BCUT2D eigenvalue weighted by Crippen LogP contribution is -2.19. The summed E-state index contributed by atoms with van der Waals surface area (Å²) < 4.78 is 13.4. The molecule has 0 amide bonds. The van der Waals surface area contributed by atoms with Crippen LogP contribution < -0.4 is 5.32 Å². The van der Waals surface area contributed by atoms with E-state index < -0.39 is 10.7 Å². The van der Waals surface area contributed by atoms with Crippen molar-refractivity contribution in [3.63, 3.8) is 0 Å². The van der Waals surface area contributed by atoms with E-state index in [1.54, 1.807) is 0 Å². The van der Waals surface area contributed by atoms with Crippen molar-refractivity contribution >= 4 is 23.0 Å². The minimum Gasteiger partial charge on any atom is -0.379 e. The topological polar surface area (TPSA) is 58.4 Å². The molecular weight excluding hydrogens is 273 g/mol. The Balaban J connectivity index is 2.10. The highest BCUT2D eigenvalue weighted by Gasteiger charge is 2.22. The van der Waals surface area contributed by atoms with Gasteiger partial charge in [0.1, 0.15) is 11.5 Å². The smallest absolute Gasteiger partial charge is 0.294 e. The SMILES string of the molecule is CN1CCC(CNc2cc(F)c(Cl)cc2[N+](=O)[O-])C1. The van der Waals surface area contributed by atoms with Crippen molar-refractivity contribution in [3.8, 4) is 0 Å². The van der Waals surface area contributed by atoms with Gasteiger partial charge in [-0.25, -0.2) is 4.39 Å². The molecule has 5 nitrogen and oxygen atoms in total. The number of anilines is 1. The Morgan fingerprint density at radius 1 is 1.63 bits per heavy atom. The van der Waals surface area contributed by atoms with E-state index in [1.807, 2.05) is 7.05 Å².